The predicted octanol–water partition coefficient (Wildman–Crippen LogP) is 2.29. The molecule has 0 radical (unpaired) electrons. The van der Waals surface area contributed by atoms with Crippen LogP contribution in [0, 0.1) is 6.92 Å². The Bertz CT molecular complexity index is 483. The second-order valence-electron chi connectivity index (χ2n) is 4.40. The van der Waals surface area contributed by atoms with Crippen LogP contribution in [-0.2, 0) is 13.5 Å². The van der Waals surface area contributed by atoms with Crippen molar-refractivity contribution in [2.45, 2.75) is 19.8 Å². The Hall–Kier alpha value is -1.61. The molecular weight excluding hydrogens is 210 g/mol. The molecule has 0 spiro atoms. The van der Waals surface area contributed by atoms with Gasteiger partial charge in [0.1, 0.15) is 0 Å². The number of aromatic nitrogens is 2. The lowest BCUT2D eigenvalue weighted by Crippen LogP contribution is -2.01. The van der Waals surface area contributed by atoms with E-state index in [4.69, 9.17) is 5.73 Å². The van der Waals surface area contributed by atoms with E-state index in [1.54, 1.807) is 0 Å². The highest BCUT2D eigenvalue weighted by atomic mass is 15.3. The molecule has 0 aliphatic heterocycles. The molecule has 0 unspecified atom stereocenters. The normalized spacial score (nSPS) is 10.8. The third-order valence-corrected chi connectivity index (χ3v) is 2.91. The Morgan fingerprint density at radius 2 is 1.94 bits per heavy atom. The summed E-state index contributed by atoms with van der Waals surface area (Å²) in [6.07, 6.45) is 1.94. The quantitative estimate of drug-likeness (QED) is 0.874. The summed E-state index contributed by atoms with van der Waals surface area (Å²) < 4.78 is 1.94. The molecule has 0 atom stereocenters. The van der Waals surface area contributed by atoms with Crippen molar-refractivity contribution in [1.29, 1.82) is 0 Å². The van der Waals surface area contributed by atoms with Gasteiger partial charge >= 0.3 is 0 Å². The Labute approximate surface area is 102 Å². The van der Waals surface area contributed by atoms with Crippen molar-refractivity contribution in [2.24, 2.45) is 12.8 Å². The van der Waals surface area contributed by atoms with Crippen LogP contribution in [0.15, 0.2) is 30.3 Å². The third kappa shape index (κ3) is 2.74. The average Bonchev–Trinajstić information content (AvgIpc) is 2.69. The molecule has 0 saturated carbocycles. The van der Waals surface area contributed by atoms with Gasteiger partial charge in [0.25, 0.3) is 0 Å². The second kappa shape index (κ2) is 5.15. The third-order valence-electron chi connectivity index (χ3n) is 2.91. The molecule has 1 heterocycles. The molecule has 17 heavy (non-hydrogen) atoms. The maximum Gasteiger partial charge on any atom is 0.0681 e. The summed E-state index contributed by atoms with van der Waals surface area (Å²) in [6.45, 7) is 2.82. The molecule has 3 heteroatoms. The van der Waals surface area contributed by atoms with Gasteiger partial charge in [-0.05, 0) is 37.9 Å². The average molecular weight is 229 g/mol. The van der Waals surface area contributed by atoms with Crippen molar-refractivity contribution >= 4 is 0 Å². The molecule has 0 fully saturated rings. The molecule has 0 aliphatic carbocycles. The lowest BCUT2D eigenvalue weighted by Gasteiger charge is -2.01. The minimum absolute atomic E-state index is 0.719. The number of rotatable bonds is 4. The first-order chi connectivity index (χ1) is 8.20. The Morgan fingerprint density at radius 3 is 2.59 bits per heavy atom. The first-order valence-corrected chi connectivity index (χ1v) is 6.00. The zero-order chi connectivity index (χ0) is 12.3. The van der Waals surface area contributed by atoms with Crippen LogP contribution in [0.1, 0.15) is 17.7 Å². The summed E-state index contributed by atoms with van der Waals surface area (Å²) >= 11 is 0. The van der Waals surface area contributed by atoms with Crippen LogP contribution in [-0.4, -0.2) is 16.3 Å². The maximum atomic E-state index is 5.51. The van der Waals surface area contributed by atoms with Crippen LogP contribution < -0.4 is 5.73 Å². The standard InChI is InChI=1S/C14H19N3/c1-11-5-7-12(8-6-11)14-10-13(4-3-9-15)16-17(14)2/h5-8,10H,3-4,9,15H2,1-2H3. The predicted molar refractivity (Wildman–Crippen MR) is 70.8 cm³/mol. The van der Waals surface area contributed by atoms with Gasteiger partial charge in [0.15, 0.2) is 0 Å². The van der Waals surface area contributed by atoms with Crippen molar-refractivity contribution in [2.75, 3.05) is 6.54 Å². The Kier molecular flexibility index (Phi) is 3.59. The summed E-state index contributed by atoms with van der Waals surface area (Å²) in [7, 11) is 1.99. The SMILES string of the molecule is Cc1ccc(-c2cc(CCCN)nn2C)cc1. The van der Waals surface area contributed by atoms with E-state index in [1.807, 2.05) is 11.7 Å². The minimum atomic E-state index is 0.719. The van der Waals surface area contributed by atoms with Crippen LogP contribution in [0.2, 0.25) is 0 Å². The van der Waals surface area contributed by atoms with Crippen molar-refractivity contribution in [1.82, 2.24) is 9.78 Å². The topological polar surface area (TPSA) is 43.8 Å². The van der Waals surface area contributed by atoms with Crippen LogP contribution in [0.3, 0.4) is 0 Å². The van der Waals surface area contributed by atoms with E-state index in [2.05, 4.69) is 42.4 Å². The highest BCUT2D eigenvalue weighted by Crippen LogP contribution is 2.20. The smallest absolute Gasteiger partial charge is 0.0681 e. The Balaban J connectivity index is 2.26. The number of aryl methyl sites for hydroxylation is 3. The van der Waals surface area contributed by atoms with Gasteiger partial charge in [0.05, 0.1) is 11.4 Å². The van der Waals surface area contributed by atoms with E-state index in [0.717, 1.165) is 30.8 Å². The first kappa shape index (κ1) is 11.9. The fourth-order valence-corrected chi connectivity index (χ4v) is 1.93. The summed E-state index contributed by atoms with van der Waals surface area (Å²) in [5.41, 5.74) is 10.3. The molecular formula is C14H19N3. The highest BCUT2D eigenvalue weighted by molar-refractivity contribution is 5.60. The van der Waals surface area contributed by atoms with E-state index < -0.39 is 0 Å². The summed E-state index contributed by atoms with van der Waals surface area (Å²) in [5, 5.41) is 4.51. The number of benzene rings is 1. The number of nitrogens with zero attached hydrogens (tertiary/aromatic N) is 2. The number of nitrogens with two attached hydrogens (primary N) is 1. The summed E-state index contributed by atoms with van der Waals surface area (Å²) in [6, 6.07) is 10.7. The van der Waals surface area contributed by atoms with Gasteiger partial charge in [-0.1, -0.05) is 29.8 Å². The van der Waals surface area contributed by atoms with E-state index in [9.17, 15) is 0 Å². The van der Waals surface area contributed by atoms with Gasteiger partial charge in [-0.3, -0.25) is 4.68 Å². The lowest BCUT2D eigenvalue weighted by molar-refractivity contribution is 0.727. The van der Waals surface area contributed by atoms with E-state index in [-0.39, 0.29) is 0 Å². The van der Waals surface area contributed by atoms with E-state index in [0.29, 0.717) is 0 Å². The van der Waals surface area contributed by atoms with Gasteiger partial charge in [-0.2, -0.15) is 5.10 Å². The van der Waals surface area contributed by atoms with Gasteiger partial charge in [-0.15, -0.1) is 0 Å². The van der Waals surface area contributed by atoms with Crippen LogP contribution in [0.25, 0.3) is 11.3 Å². The summed E-state index contributed by atoms with van der Waals surface area (Å²) in [5.74, 6) is 0. The fourth-order valence-electron chi connectivity index (χ4n) is 1.93. The Morgan fingerprint density at radius 1 is 1.24 bits per heavy atom. The lowest BCUT2D eigenvalue weighted by atomic mass is 10.1. The van der Waals surface area contributed by atoms with Gasteiger partial charge in [-0.25, -0.2) is 0 Å². The molecule has 1 aromatic heterocycles. The molecule has 90 valence electrons. The van der Waals surface area contributed by atoms with Gasteiger partial charge < -0.3 is 5.73 Å². The fraction of sp³-hybridized carbons (Fsp3) is 0.357. The van der Waals surface area contributed by atoms with Crippen molar-refractivity contribution in [3.8, 4) is 11.3 Å². The molecule has 2 rings (SSSR count). The summed E-state index contributed by atoms with van der Waals surface area (Å²) in [4.78, 5) is 0. The van der Waals surface area contributed by atoms with Crippen LogP contribution in [0.5, 0.6) is 0 Å². The minimum Gasteiger partial charge on any atom is -0.330 e. The molecule has 1 aromatic carbocycles. The number of hydrogen-bond donors (Lipinski definition) is 1. The van der Waals surface area contributed by atoms with Crippen LogP contribution >= 0.6 is 0 Å². The molecule has 2 aromatic rings. The highest BCUT2D eigenvalue weighted by Gasteiger charge is 2.06. The molecule has 0 bridgehead atoms. The molecule has 0 amide bonds. The second-order valence-corrected chi connectivity index (χ2v) is 4.40. The molecule has 2 N–H and O–H groups in total. The van der Waals surface area contributed by atoms with Gasteiger partial charge in [0, 0.05) is 7.05 Å². The molecule has 0 aliphatic rings. The van der Waals surface area contributed by atoms with Crippen LogP contribution in [0.4, 0.5) is 0 Å². The molecule has 3 nitrogen and oxygen atoms in total. The van der Waals surface area contributed by atoms with Crippen molar-refractivity contribution in [3.63, 3.8) is 0 Å². The molecule has 0 saturated heterocycles. The maximum absolute atomic E-state index is 5.51. The van der Waals surface area contributed by atoms with Gasteiger partial charge in [0.2, 0.25) is 0 Å². The van der Waals surface area contributed by atoms with E-state index in [1.165, 1.54) is 11.1 Å². The number of hydrogen-bond acceptors (Lipinski definition) is 2. The van der Waals surface area contributed by atoms with E-state index >= 15 is 0 Å². The largest absolute Gasteiger partial charge is 0.330 e. The van der Waals surface area contributed by atoms with Crippen molar-refractivity contribution in [3.05, 3.63) is 41.6 Å². The zero-order valence-electron chi connectivity index (χ0n) is 10.5. The first-order valence-electron chi connectivity index (χ1n) is 6.00. The zero-order valence-corrected chi connectivity index (χ0v) is 10.5. The van der Waals surface area contributed by atoms with Crippen molar-refractivity contribution < 1.29 is 0 Å². The monoisotopic (exact) mass is 229 g/mol.